The minimum absolute atomic E-state index is 0.109. The van der Waals surface area contributed by atoms with Crippen molar-refractivity contribution in [3.8, 4) is 0 Å². The third kappa shape index (κ3) is 40.3. The van der Waals surface area contributed by atoms with Gasteiger partial charge >= 0.3 is 5.97 Å². The maximum Gasteiger partial charge on any atom is 0.303 e. The number of carbonyl (C=O) groups excluding carboxylic acids is 5. The first-order chi connectivity index (χ1) is 27.7. The van der Waals surface area contributed by atoms with Gasteiger partial charge in [-0.05, 0) is 64.2 Å². The first-order valence-electron chi connectivity index (χ1n) is 24.0. The lowest BCUT2D eigenvalue weighted by Gasteiger charge is -2.14. The van der Waals surface area contributed by atoms with Gasteiger partial charge in [-0.2, -0.15) is 0 Å². The molecule has 0 radical (unpaired) electrons. The Kier molecular flexibility index (Phi) is 40.3. The zero-order valence-corrected chi connectivity index (χ0v) is 37.1. The highest BCUT2D eigenvalue weighted by Gasteiger charge is 2.20. The largest absolute Gasteiger partial charge is 0.481 e. The highest BCUT2D eigenvalue weighted by molar-refractivity contribution is 5.88. The van der Waals surface area contributed by atoms with Crippen LogP contribution in [0.4, 0.5) is 0 Å². The molecule has 0 saturated carbocycles. The second-order valence-electron chi connectivity index (χ2n) is 17.1. The number of aldehydes is 1. The van der Waals surface area contributed by atoms with E-state index in [1.807, 2.05) is 6.92 Å². The molecule has 0 aromatic carbocycles. The Labute approximate surface area is 349 Å². The molecule has 0 heterocycles. The number of hydrogen-bond acceptors (Lipinski definition) is 7. The molecule has 8 heteroatoms. The number of carboxylic acids is 1. The van der Waals surface area contributed by atoms with E-state index < -0.39 is 5.97 Å². The maximum absolute atomic E-state index is 12.9. The van der Waals surface area contributed by atoms with Crippen molar-refractivity contribution in [3.05, 3.63) is 0 Å². The van der Waals surface area contributed by atoms with E-state index in [-0.39, 0.29) is 23.4 Å². The van der Waals surface area contributed by atoms with Crippen LogP contribution in [0.2, 0.25) is 0 Å². The Hall–Kier alpha value is -2.22. The van der Waals surface area contributed by atoms with E-state index in [9.17, 15) is 28.8 Å². The predicted molar refractivity (Wildman–Crippen MR) is 234 cm³/mol. The number of hydrogen-bond donors (Lipinski definition) is 1. The Bertz CT molecular complexity index is 1010. The smallest absolute Gasteiger partial charge is 0.303 e. The monoisotopic (exact) mass is 805 g/mol. The van der Waals surface area contributed by atoms with Crippen molar-refractivity contribution in [3.63, 3.8) is 0 Å². The van der Waals surface area contributed by atoms with Crippen LogP contribution in [-0.4, -0.2) is 53.7 Å². The van der Waals surface area contributed by atoms with Crippen LogP contribution in [0, 0.1) is 11.8 Å². The summed E-state index contributed by atoms with van der Waals surface area (Å²) in [7, 11) is 0. The van der Waals surface area contributed by atoms with Crippen molar-refractivity contribution >= 4 is 35.4 Å². The minimum atomic E-state index is -0.686. The van der Waals surface area contributed by atoms with Gasteiger partial charge in [0.15, 0.2) is 0 Å². The summed E-state index contributed by atoms with van der Waals surface area (Å²) in [5, 5.41) is 8.67. The predicted octanol–water partition coefficient (Wildman–Crippen LogP) is 13.3. The molecule has 0 fully saturated rings. The maximum atomic E-state index is 12.9. The number of ether oxygens (including phenoxy) is 1. The summed E-state index contributed by atoms with van der Waals surface area (Å²) < 4.78 is 5.67. The van der Waals surface area contributed by atoms with Crippen molar-refractivity contribution in [2.24, 2.45) is 11.8 Å². The standard InChI is InChI=1S/C49H88O8/c1-3-30-44(41-47(53)35-23-17-12-10-8-6-4-5-7-9-11-13-19-26-38-49(55)56)48(54)37-25-18-15-14-16-22-32-46(52)36-29-40-57-39-28-27-34-45(51)33-24-20-21-31-43(2)42-50/h42-44H,3-41H2,1-2H3,(H,55,56)/t43-,44+/m0/s1. The molecule has 0 aliphatic carbocycles. The molecular formula is C49H88O8. The lowest BCUT2D eigenvalue weighted by atomic mass is 9.89. The molecule has 0 unspecified atom stereocenters. The van der Waals surface area contributed by atoms with E-state index in [1.165, 1.54) is 57.8 Å². The quantitative estimate of drug-likeness (QED) is 0.0475. The third-order valence-corrected chi connectivity index (χ3v) is 11.4. The molecule has 0 spiro atoms. The minimum Gasteiger partial charge on any atom is -0.481 e. The zero-order chi connectivity index (χ0) is 42.0. The number of carboxylic acid groups (broad SMARTS) is 1. The summed E-state index contributed by atoms with van der Waals surface area (Å²) in [6.45, 7) is 5.26. The summed E-state index contributed by atoms with van der Waals surface area (Å²) in [4.78, 5) is 71.1. The van der Waals surface area contributed by atoms with Gasteiger partial charge in [0.2, 0.25) is 0 Å². The van der Waals surface area contributed by atoms with E-state index in [1.54, 1.807) is 0 Å². The van der Waals surface area contributed by atoms with Gasteiger partial charge in [-0.25, -0.2) is 0 Å². The van der Waals surface area contributed by atoms with Crippen molar-refractivity contribution in [1.29, 1.82) is 0 Å². The lowest BCUT2D eigenvalue weighted by molar-refractivity contribution is -0.137. The van der Waals surface area contributed by atoms with Gasteiger partial charge < -0.3 is 14.6 Å². The number of carbonyl (C=O) groups is 6. The molecule has 8 nitrogen and oxygen atoms in total. The van der Waals surface area contributed by atoms with Gasteiger partial charge in [0.05, 0.1) is 0 Å². The number of ketones is 4. The average Bonchev–Trinajstić information content (AvgIpc) is 3.18. The third-order valence-electron chi connectivity index (χ3n) is 11.4. The van der Waals surface area contributed by atoms with Crippen LogP contribution in [0.15, 0.2) is 0 Å². The van der Waals surface area contributed by atoms with E-state index in [0.717, 1.165) is 135 Å². The first-order valence-corrected chi connectivity index (χ1v) is 24.0. The number of unbranched alkanes of at least 4 members (excludes halogenated alkanes) is 21. The molecule has 2 atom stereocenters. The Morgan fingerprint density at radius 2 is 0.825 bits per heavy atom. The Morgan fingerprint density at radius 1 is 0.456 bits per heavy atom. The summed E-state index contributed by atoms with van der Waals surface area (Å²) in [5.41, 5.74) is 0. The number of aliphatic carboxylic acids is 1. The van der Waals surface area contributed by atoms with Gasteiger partial charge in [0.1, 0.15) is 29.4 Å². The Morgan fingerprint density at radius 3 is 1.28 bits per heavy atom. The fourth-order valence-corrected chi connectivity index (χ4v) is 7.64. The molecule has 57 heavy (non-hydrogen) atoms. The molecule has 0 aliphatic rings. The molecule has 0 amide bonds. The first kappa shape index (κ1) is 54.8. The van der Waals surface area contributed by atoms with Crippen molar-refractivity contribution < 1.29 is 38.6 Å². The van der Waals surface area contributed by atoms with Gasteiger partial charge in [-0.1, -0.05) is 136 Å². The van der Waals surface area contributed by atoms with Crippen molar-refractivity contribution in [1.82, 2.24) is 0 Å². The van der Waals surface area contributed by atoms with Gasteiger partial charge in [0.25, 0.3) is 0 Å². The van der Waals surface area contributed by atoms with E-state index in [4.69, 9.17) is 9.84 Å². The van der Waals surface area contributed by atoms with Crippen molar-refractivity contribution in [2.75, 3.05) is 13.2 Å². The second-order valence-corrected chi connectivity index (χ2v) is 17.1. The summed E-state index contributed by atoms with van der Waals surface area (Å²) >= 11 is 0. The molecule has 0 aromatic rings. The topological polar surface area (TPSA) is 132 Å². The summed E-state index contributed by atoms with van der Waals surface area (Å²) in [6.07, 6.45) is 35.9. The van der Waals surface area contributed by atoms with E-state index >= 15 is 0 Å². The van der Waals surface area contributed by atoms with Crippen LogP contribution < -0.4 is 0 Å². The SMILES string of the molecule is CCC[C@H](CC(=O)CCCCCCCCCCCCCCCCC(=O)O)C(=O)CCCCCCCCC(=O)CCCOCCCCC(=O)CCCCC[C@H](C)C=O. The van der Waals surface area contributed by atoms with E-state index in [0.29, 0.717) is 76.1 Å². The molecule has 1 N–H and O–H groups in total. The lowest BCUT2D eigenvalue weighted by Crippen LogP contribution is -2.18. The molecular weight excluding hydrogens is 717 g/mol. The molecule has 0 aromatic heterocycles. The fourth-order valence-electron chi connectivity index (χ4n) is 7.64. The van der Waals surface area contributed by atoms with Gasteiger partial charge in [-0.15, -0.1) is 0 Å². The zero-order valence-electron chi connectivity index (χ0n) is 37.1. The van der Waals surface area contributed by atoms with Crippen LogP contribution in [0.5, 0.6) is 0 Å². The number of Topliss-reactive ketones (excluding diaryl/α,β-unsaturated/α-hetero) is 4. The molecule has 0 rings (SSSR count). The highest BCUT2D eigenvalue weighted by atomic mass is 16.5. The van der Waals surface area contributed by atoms with Gasteiger partial charge in [-0.3, -0.25) is 24.0 Å². The molecule has 0 bridgehead atoms. The summed E-state index contributed by atoms with van der Waals surface area (Å²) in [5.74, 6) is 0.475. The van der Waals surface area contributed by atoms with E-state index in [2.05, 4.69) is 6.92 Å². The van der Waals surface area contributed by atoms with Gasteiger partial charge in [0, 0.05) is 76.4 Å². The Balaban J connectivity index is 3.66. The summed E-state index contributed by atoms with van der Waals surface area (Å²) in [6, 6.07) is 0. The second kappa shape index (κ2) is 41.9. The number of rotatable bonds is 47. The van der Waals surface area contributed by atoms with Crippen LogP contribution in [-0.2, 0) is 33.5 Å². The highest BCUT2D eigenvalue weighted by Crippen LogP contribution is 2.20. The van der Waals surface area contributed by atoms with Crippen LogP contribution >= 0.6 is 0 Å². The van der Waals surface area contributed by atoms with Crippen LogP contribution in [0.3, 0.4) is 0 Å². The van der Waals surface area contributed by atoms with Crippen LogP contribution in [0.25, 0.3) is 0 Å². The fraction of sp³-hybridized carbons (Fsp3) is 0.878. The average molecular weight is 805 g/mol. The van der Waals surface area contributed by atoms with Crippen molar-refractivity contribution in [2.45, 2.75) is 251 Å². The van der Waals surface area contributed by atoms with Crippen LogP contribution in [0.1, 0.15) is 251 Å². The molecule has 0 aliphatic heterocycles. The molecule has 332 valence electrons. The molecule has 0 saturated heterocycles. The normalized spacial score (nSPS) is 12.4.